The largest absolute Gasteiger partial charge is 0.309 e. The van der Waals surface area contributed by atoms with Crippen molar-refractivity contribution in [2.75, 3.05) is 6.54 Å². The van der Waals surface area contributed by atoms with Crippen LogP contribution in [0.15, 0.2) is 30.4 Å². The summed E-state index contributed by atoms with van der Waals surface area (Å²) in [7, 11) is 0. The fourth-order valence-electron chi connectivity index (χ4n) is 1.37. The second-order valence-corrected chi connectivity index (χ2v) is 3.81. The first-order valence-electron chi connectivity index (χ1n) is 4.98. The van der Waals surface area contributed by atoms with E-state index in [9.17, 15) is 0 Å². The van der Waals surface area contributed by atoms with E-state index >= 15 is 0 Å². The summed E-state index contributed by atoms with van der Waals surface area (Å²) < 4.78 is 0. The molecule has 0 amide bonds. The fraction of sp³-hybridized carbons (Fsp3) is 0.308. The van der Waals surface area contributed by atoms with Crippen LogP contribution in [0.3, 0.4) is 0 Å². The zero-order chi connectivity index (χ0) is 11.3. The van der Waals surface area contributed by atoms with Crippen LogP contribution in [0.2, 0.25) is 0 Å². The molecule has 0 radical (unpaired) electrons. The van der Waals surface area contributed by atoms with Crippen LogP contribution in [0.25, 0.3) is 0 Å². The molecule has 0 spiro atoms. The molecule has 15 heavy (non-hydrogen) atoms. The molecular weight excluding hydrogens is 184 g/mol. The van der Waals surface area contributed by atoms with Gasteiger partial charge in [0.2, 0.25) is 0 Å². The van der Waals surface area contributed by atoms with Crippen molar-refractivity contribution in [3.63, 3.8) is 0 Å². The lowest BCUT2D eigenvalue weighted by atomic mass is 10.1. The zero-order valence-electron chi connectivity index (χ0n) is 9.30. The first-order chi connectivity index (χ1) is 7.13. The third-order valence-corrected chi connectivity index (χ3v) is 2.21. The van der Waals surface area contributed by atoms with Gasteiger partial charge < -0.3 is 5.32 Å². The van der Waals surface area contributed by atoms with Crippen LogP contribution in [-0.2, 0) is 6.54 Å². The summed E-state index contributed by atoms with van der Waals surface area (Å²) in [5.74, 6) is 0. The van der Waals surface area contributed by atoms with Gasteiger partial charge in [0.15, 0.2) is 0 Å². The average Bonchev–Trinajstić information content (AvgIpc) is 2.20. The summed E-state index contributed by atoms with van der Waals surface area (Å²) in [6.07, 6.45) is 0. The predicted octanol–water partition coefficient (Wildman–Crippen LogP) is 2.53. The Kier molecular flexibility index (Phi) is 4.08. The molecule has 1 aromatic carbocycles. The maximum Gasteiger partial charge on any atom is 0.0991 e. The van der Waals surface area contributed by atoms with Gasteiger partial charge in [-0.05, 0) is 37.1 Å². The lowest BCUT2D eigenvalue weighted by Gasteiger charge is -2.07. The standard InChI is InChI=1S/C13H16N2/c1-10(2)8-15-9-13-5-4-12(7-14)6-11(13)3/h4-6,15H,1,8-9H2,2-3H3. The minimum atomic E-state index is 0.719. The highest BCUT2D eigenvalue weighted by Gasteiger charge is 1.99. The van der Waals surface area contributed by atoms with Crippen molar-refractivity contribution >= 4 is 0 Å². The Morgan fingerprint density at radius 2 is 2.27 bits per heavy atom. The molecule has 0 saturated heterocycles. The van der Waals surface area contributed by atoms with E-state index in [-0.39, 0.29) is 0 Å². The van der Waals surface area contributed by atoms with Crippen LogP contribution in [0.1, 0.15) is 23.6 Å². The molecule has 1 aromatic rings. The Balaban J connectivity index is 2.63. The molecule has 2 nitrogen and oxygen atoms in total. The molecule has 2 heteroatoms. The Hall–Kier alpha value is -1.59. The monoisotopic (exact) mass is 200 g/mol. The van der Waals surface area contributed by atoms with E-state index in [0.29, 0.717) is 0 Å². The molecule has 0 aliphatic heterocycles. The van der Waals surface area contributed by atoms with Crippen LogP contribution in [0.5, 0.6) is 0 Å². The number of nitrogens with one attached hydrogen (secondary N) is 1. The normalized spacial score (nSPS) is 9.67. The number of aryl methyl sites for hydroxylation is 1. The molecular formula is C13H16N2. The number of hydrogen-bond donors (Lipinski definition) is 1. The van der Waals surface area contributed by atoms with Crippen LogP contribution in [-0.4, -0.2) is 6.54 Å². The number of nitrogens with zero attached hydrogens (tertiary/aromatic N) is 1. The summed E-state index contributed by atoms with van der Waals surface area (Å²) in [6.45, 7) is 9.51. The highest BCUT2D eigenvalue weighted by molar-refractivity contribution is 5.37. The van der Waals surface area contributed by atoms with Gasteiger partial charge in [0.25, 0.3) is 0 Å². The van der Waals surface area contributed by atoms with Gasteiger partial charge in [-0.2, -0.15) is 5.26 Å². The van der Waals surface area contributed by atoms with E-state index < -0.39 is 0 Å². The summed E-state index contributed by atoms with van der Waals surface area (Å²) in [5.41, 5.74) is 4.23. The van der Waals surface area contributed by atoms with Gasteiger partial charge in [0.05, 0.1) is 11.6 Å². The van der Waals surface area contributed by atoms with Crippen molar-refractivity contribution in [1.82, 2.24) is 5.32 Å². The average molecular weight is 200 g/mol. The molecule has 0 heterocycles. The summed E-state index contributed by atoms with van der Waals surface area (Å²) in [5, 5.41) is 12.0. The third kappa shape index (κ3) is 3.57. The molecule has 0 unspecified atom stereocenters. The van der Waals surface area contributed by atoms with Gasteiger partial charge in [0, 0.05) is 13.1 Å². The minimum Gasteiger partial charge on any atom is -0.309 e. The first-order valence-corrected chi connectivity index (χ1v) is 4.98. The SMILES string of the molecule is C=C(C)CNCc1ccc(C#N)cc1C. The van der Waals surface area contributed by atoms with Crippen molar-refractivity contribution in [2.45, 2.75) is 20.4 Å². The van der Waals surface area contributed by atoms with Crippen molar-refractivity contribution in [2.24, 2.45) is 0 Å². The van der Waals surface area contributed by atoms with Gasteiger partial charge in [0.1, 0.15) is 0 Å². The molecule has 0 aromatic heterocycles. The van der Waals surface area contributed by atoms with E-state index in [2.05, 4.69) is 18.0 Å². The van der Waals surface area contributed by atoms with E-state index in [1.165, 1.54) is 5.56 Å². The van der Waals surface area contributed by atoms with Gasteiger partial charge in [-0.25, -0.2) is 0 Å². The Labute approximate surface area is 91.2 Å². The number of rotatable bonds is 4. The maximum absolute atomic E-state index is 8.72. The second-order valence-electron chi connectivity index (χ2n) is 3.81. The number of benzene rings is 1. The number of nitriles is 1. The van der Waals surface area contributed by atoms with E-state index in [1.54, 1.807) is 0 Å². The second kappa shape index (κ2) is 5.33. The molecule has 78 valence electrons. The van der Waals surface area contributed by atoms with Crippen LogP contribution >= 0.6 is 0 Å². The molecule has 1 N–H and O–H groups in total. The topological polar surface area (TPSA) is 35.8 Å². The van der Waals surface area contributed by atoms with E-state index in [0.717, 1.165) is 29.8 Å². The molecule has 0 fully saturated rings. The zero-order valence-corrected chi connectivity index (χ0v) is 9.30. The summed E-state index contributed by atoms with van der Waals surface area (Å²) in [4.78, 5) is 0. The highest BCUT2D eigenvalue weighted by atomic mass is 14.8. The Bertz CT molecular complexity index is 399. The molecule has 0 aliphatic rings. The van der Waals surface area contributed by atoms with Gasteiger partial charge >= 0.3 is 0 Å². The fourth-order valence-corrected chi connectivity index (χ4v) is 1.37. The highest BCUT2D eigenvalue weighted by Crippen LogP contribution is 2.10. The molecule has 1 rings (SSSR count). The minimum absolute atomic E-state index is 0.719. The van der Waals surface area contributed by atoms with Gasteiger partial charge in [-0.3, -0.25) is 0 Å². The van der Waals surface area contributed by atoms with Gasteiger partial charge in [-0.1, -0.05) is 18.2 Å². The van der Waals surface area contributed by atoms with Crippen LogP contribution in [0.4, 0.5) is 0 Å². The van der Waals surface area contributed by atoms with Crippen molar-refractivity contribution < 1.29 is 0 Å². The third-order valence-electron chi connectivity index (χ3n) is 2.21. The van der Waals surface area contributed by atoms with Crippen molar-refractivity contribution in [3.05, 3.63) is 47.0 Å². The van der Waals surface area contributed by atoms with Crippen LogP contribution < -0.4 is 5.32 Å². The number of hydrogen-bond acceptors (Lipinski definition) is 2. The Morgan fingerprint density at radius 3 is 2.80 bits per heavy atom. The van der Waals surface area contributed by atoms with Crippen LogP contribution in [0, 0.1) is 18.3 Å². The van der Waals surface area contributed by atoms with Gasteiger partial charge in [-0.15, -0.1) is 0 Å². The molecule has 0 bridgehead atoms. The van der Waals surface area contributed by atoms with E-state index in [1.807, 2.05) is 32.0 Å². The Morgan fingerprint density at radius 1 is 1.53 bits per heavy atom. The van der Waals surface area contributed by atoms with Crippen molar-refractivity contribution in [3.8, 4) is 6.07 Å². The lowest BCUT2D eigenvalue weighted by molar-refractivity contribution is 0.737. The molecule has 0 aliphatic carbocycles. The summed E-state index contributed by atoms with van der Waals surface area (Å²) >= 11 is 0. The predicted molar refractivity (Wildman–Crippen MR) is 62.4 cm³/mol. The van der Waals surface area contributed by atoms with E-state index in [4.69, 9.17) is 5.26 Å². The van der Waals surface area contributed by atoms with Crippen molar-refractivity contribution in [1.29, 1.82) is 5.26 Å². The lowest BCUT2D eigenvalue weighted by Crippen LogP contribution is -2.15. The maximum atomic E-state index is 8.72. The smallest absolute Gasteiger partial charge is 0.0991 e. The summed E-state index contributed by atoms with van der Waals surface area (Å²) in [6, 6.07) is 7.90. The molecule has 0 atom stereocenters. The first kappa shape index (κ1) is 11.5. The molecule has 0 saturated carbocycles. The quantitative estimate of drug-likeness (QED) is 0.758.